The van der Waals surface area contributed by atoms with E-state index < -0.39 is 9.84 Å². The van der Waals surface area contributed by atoms with Gasteiger partial charge in [-0.15, -0.1) is 0 Å². The lowest BCUT2D eigenvalue weighted by molar-refractivity contribution is -0.121. The second kappa shape index (κ2) is 9.60. The predicted molar refractivity (Wildman–Crippen MR) is 128 cm³/mol. The molecule has 0 aliphatic heterocycles. The SMILES string of the molecule is CS(=O)(=O)c1ccc(-c2nn(CCc3ccccc3)c(OC=O)c2-c2ccc(Cl)cc2)cc1. The van der Waals surface area contributed by atoms with Gasteiger partial charge >= 0.3 is 0 Å². The fourth-order valence-corrected chi connectivity index (χ4v) is 4.34. The molecular weight excluding hydrogens is 460 g/mol. The summed E-state index contributed by atoms with van der Waals surface area (Å²) in [7, 11) is -3.33. The maximum atomic E-state index is 11.9. The van der Waals surface area contributed by atoms with Crippen molar-refractivity contribution in [3.63, 3.8) is 0 Å². The Morgan fingerprint density at radius 2 is 1.58 bits per heavy atom. The summed E-state index contributed by atoms with van der Waals surface area (Å²) < 4.78 is 30.8. The minimum atomic E-state index is -3.33. The fraction of sp³-hybridized carbons (Fsp3) is 0.120. The van der Waals surface area contributed by atoms with Crippen molar-refractivity contribution in [2.45, 2.75) is 17.9 Å². The third-order valence-electron chi connectivity index (χ3n) is 5.21. The zero-order valence-electron chi connectivity index (χ0n) is 17.8. The second-order valence-electron chi connectivity index (χ2n) is 7.51. The van der Waals surface area contributed by atoms with Crippen molar-refractivity contribution in [3.8, 4) is 28.3 Å². The van der Waals surface area contributed by atoms with Crippen molar-refractivity contribution in [3.05, 3.63) is 89.4 Å². The minimum absolute atomic E-state index is 0.215. The first-order valence-corrected chi connectivity index (χ1v) is 12.5. The summed E-state index contributed by atoms with van der Waals surface area (Å²) in [4.78, 5) is 11.6. The highest BCUT2D eigenvalue weighted by atomic mass is 35.5. The average molecular weight is 481 g/mol. The van der Waals surface area contributed by atoms with E-state index in [9.17, 15) is 13.2 Å². The maximum absolute atomic E-state index is 11.9. The van der Waals surface area contributed by atoms with Gasteiger partial charge in [0.05, 0.1) is 10.5 Å². The Balaban J connectivity index is 1.84. The molecule has 0 saturated carbocycles. The van der Waals surface area contributed by atoms with E-state index in [-0.39, 0.29) is 4.90 Å². The van der Waals surface area contributed by atoms with Crippen molar-refractivity contribution in [1.29, 1.82) is 0 Å². The number of sulfone groups is 1. The molecule has 0 spiro atoms. The molecule has 168 valence electrons. The van der Waals surface area contributed by atoms with Gasteiger partial charge < -0.3 is 4.74 Å². The molecule has 0 aliphatic carbocycles. The van der Waals surface area contributed by atoms with Crippen molar-refractivity contribution in [2.75, 3.05) is 6.26 Å². The summed E-state index contributed by atoms with van der Waals surface area (Å²) in [6.07, 6.45) is 1.85. The second-order valence-corrected chi connectivity index (χ2v) is 9.96. The van der Waals surface area contributed by atoms with Crippen LogP contribution in [0.15, 0.2) is 83.8 Å². The van der Waals surface area contributed by atoms with Crippen LogP contribution < -0.4 is 4.74 Å². The molecular formula is C25H21ClN2O4S. The third-order valence-corrected chi connectivity index (χ3v) is 6.59. The van der Waals surface area contributed by atoms with E-state index in [0.717, 1.165) is 17.4 Å². The molecule has 0 atom stereocenters. The van der Waals surface area contributed by atoms with Crippen LogP contribution in [0.5, 0.6) is 5.88 Å². The largest absolute Gasteiger partial charge is 0.409 e. The van der Waals surface area contributed by atoms with Crippen LogP contribution >= 0.6 is 11.6 Å². The molecule has 1 aromatic heterocycles. The smallest absolute Gasteiger partial charge is 0.299 e. The van der Waals surface area contributed by atoms with Gasteiger partial charge in [-0.05, 0) is 41.8 Å². The first-order valence-electron chi connectivity index (χ1n) is 10.2. The molecule has 6 nitrogen and oxygen atoms in total. The maximum Gasteiger partial charge on any atom is 0.299 e. The minimum Gasteiger partial charge on any atom is -0.409 e. The number of ether oxygens (including phenoxy) is 1. The van der Waals surface area contributed by atoms with Crippen LogP contribution in [0.25, 0.3) is 22.4 Å². The number of hydrogen-bond donors (Lipinski definition) is 0. The molecule has 0 saturated heterocycles. The van der Waals surface area contributed by atoms with Gasteiger partial charge in [0.2, 0.25) is 5.88 Å². The Kier molecular flexibility index (Phi) is 6.62. The number of rotatable bonds is 8. The molecule has 33 heavy (non-hydrogen) atoms. The van der Waals surface area contributed by atoms with E-state index in [1.54, 1.807) is 41.1 Å². The van der Waals surface area contributed by atoms with Gasteiger partial charge in [0.1, 0.15) is 5.69 Å². The summed E-state index contributed by atoms with van der Waals surface area (Å²) in [5.41, 5.74) is 3.78. The number of aryl methyl sites for hydroxylation is 2. The van der Waals surface area contributed by atoms with Gasteiger partial charge in [0, 0.05) is 23.4 Å². The topological polar surface area (TPSA) is 78.3 Å². The number of hydrogen-bond acceptors (Lipinski definition) is 5. The van der Waals surface area contributed by atoms with Crippen LogP contribution in [-0.2, 0) is 27.6 Å². The van der Waals surface area contributed by atoms with E-state index in [2.05, 4.69) is 0 Å². The lowest BCUT2D eigenvalue weighted by atomic mass is 10.0. The van der Waals surface area contributed by atoms with Crippen LogP contribution in [0.3, 0.4) is 0 Å². The van der Waals surface area contributed by atoms with Crippen molar-refractivity contribution >= 4 is 27.9 Å². The molecule has 4 aromatic rings. The van der Waals surface area contributed by atoms with Crippen LogP contribution in [0.2, 0.25) is 5.02 Å². The monoisotopic (exact) mass is 480 g/mol. The van der Waals surface area contributed by atoms with Crippen LogP contribution in [0.4, 0.5) is 0 Å². The summed E-state index contributed by atoms with van der Waals surface area (Å²) in [5.74, 6) is 0.311. The van der Waals surface area contributed by atoms with Gasteiger partial charge in [-0.3, -0.25) is 4.79 Å². The highest BCUT2D eigenvalue weighted by Crippen LogP contribution is 2.40. The van der Waals surface area contributed by atoms with E-state index in [1.165, 1.54) is 0 Å². The first kappa shape index (κ1) is 22.8. The highest BCUT2D eigenvalue weighted by molar-refractivity contribution is 7.90. The third kappa shape index (κ3) is 5.16. The standard InChI is InChI=1S/C25H21ClN2O4S/c1-33(30,31)22-13-9-20(10-14-22)24-23(19-7-11-21(26)12-8-19)25(32-17-29)28(27-24)16-15-18-5-3-2-4-6-18/h2-14,17H,15-16H2,1H3. The van der Waals surface area contributed by atoms with Crippen molar-refractivity contribution < 1.29 is 17.9 Å². The lowest BCUT2D eigenvalue weighted by Gasteiger charge is -2.08. The van der Waals surface area contributed by atoms with Crippen LogP contribution in [-0.4, -0.2) is 30.9 Å². The Morgan fingerprint density at radius 1 is 0.939 bits per heavy atom. The molecule has 0 radical (unpaired) electrons. The van der Waals surface area contributed by atoms with Crippen molar-refractivity contribution in [2.24, 2.45) is 0 Å². The molecule has 0 fully saturated rings. The van der Waals surface area contributed by atoms with Gasteiger partial charge in [-0.1, -0.05) is 66.2 Å². The zero-order chi connectivity index (χ0) is 23.4. The summed E-state index contributed by atoms with van der Waals surface area (Å²) in [6, 6.07) is 23.6. The summed E-state index contributed by atoms with van der Waals surface area (Å²) >= 11 is 6.07. The van der Waals surface area contributed by atoms with E-state index >= 15 is 0 Å². The number of benzene rings is 3. The van der Waals surface area contributed by atoms with Gasteiger partial charge in [0.15, 0.2) is 9.84 Å². The molecule has 3 aromatic carbocycles. The molecule has 0 unspecified atom stereocenters. The number of carbonyl (C=O) groups excluding carboxylic acids is 1. The molecule has 0 amide bonds. The van der Waals surface area contributed by atoms with E-state index in [4.69, 9.17) is 21.4 Å². The molecule has 0 bridgehead atoms. The number of halogens is 1. The Labute approximate surface area is 197 Å². The number of carbonyl (C=O) groups is 1. The van der Waals surface area contributed by atoms with Crippen LogP contribution in [0, 0.1) is 0 Å². The lowest BCUT2D eigenvalue weighted by Crippen LogP contribution is -2.07. The summed E-state index contributed by atoms with van der Waals surface area (Å²) in [6.45, 7) is 0.862. The van der Waals surface area contributed by atoms with E-state index in [1.807, 2.05) is 42.5 Å². The Hall–Kier alpha value is -3.42. The Morgan fingerprint density at radius 3 is 2.18 bits per heavy atom. The van der Waals surface area contributed by atoms with Crippen LogP contribution in [0.1, 0.15) is 5.56 Å². The predicted octanol–water partition coefficient (Wildman–Crippen LogP) is 5.05. The molecule has 0 N–H and O–H groups in total. The number of nitrogens with zero attached hydrogens (tertiary/aromatic N) is 2. The van der Waals surface area contributed by atoms with Gasteiger partial charge in [-0.25, -0.2) is 13.1 Å². The first-order chi connectivity index (χ1) is 15.9. The Bertz CT molecular complexity index is 1360. The van der Waals surface area contributed by atoms with Gasteiger partial charge in [0.25, 0.3) is 6.47 Å². The van der Waals surface area contributed by atoms with Gasteiger partial charge in [-0.2, -0.15) is 5.10 Å². The number of aromatic nitrogens is 2. The quantitative estimate of drug-likeness (QED) is 0.330. The molecule has 4 rings (SSSR count). The highest BCUT2D eigenvalue weighted by Gasteiger charge is 2.23. The van der Waals surface area contributed by atoms with E-state index in [0.29, 0.717) is 47.2 Å². The molecule has 1 heterocycles. The normalized spacial score (nSPS) is 11.3. The fourth-order valence-electron chi connectivity index (χ4n) is 3.58. The summed E-state index contributed by atoms with van der Waals surface area (Å²) in [5, 5.41) is 5.33. The molecule has 0 aliphatic rings. The zero-order valence-corrected chi connectivity index (χ0v) is 19.4. The van der Waals surface area contributed by atoms with Crippen molar-refractivity contribution in [1.82, 2.24) is 9.78 Å². The molecule has 8 heteroatoms. The average Bonchev–Trinajstić information content (AvgIpc) is 3.17.